The molecule has 2 heteroatoms. The second kappa shape index (κ2) is 2.46. The lowest BCUT2D eigenvalue weighted by Gasteiger charge is -1.51. The highest BCUT2D eigenvalue weighted by Crippen LogP contribution is 2.04. The molecule has 48 valence electrons. The van der Waals surface area contributed by atoms with Crippen LogP contribution in [0.2, 0.25) is 0 Å². The molecule has 0 aromatic carbocycles. The van der Waals surface area contributed by atoms with Gasteiger partial charge in [-0.3, -0.25) is 0 Å². The van der Waals surface area contributed by atoms with Crippen molar-refractivity contribution >= 4 is 0 Å². The maximum absolute atomic E-state index is 4.71. The molecule has 0 aromatic heterocycles. The van der Waals surface area contributed by atoms with Crippen LogP contribution in [0.1, 0.15) is 13.8 Å². The predicted molar refractivity (Wildman–Crippen MR) is 30.8 cm³/mol. The quantitative estimate of drug-likeness (QED) is 0.437. The Bertz CT molecular complexity index is 54.9. The van der Waals surface area contributed by atoms with Crippen LogP contribution in [0.5, 0.6) is 0 Å². The van der Waals surface area contributed by atoms with Crippen LogP contribution in [0.4, 0.5) is 0 Å². The minimum Gasteiger partial charge on any atom is -0.373 e. The highest BCUT2D eigenvalue weighted by Gasteiger charge is 2.13. The molecule has 0 radical (unpaired) electrons. The van der Waals surface area contributed by atoms with Crippen LogP contribution < -0.4 is 0 Å². The number of epoxide rings is 2. The van der Waals surface area contributed by atoms with E-state index in [1.165, 1.54) is 0 Å². The molecule has 0 aromatic rings. The first-order valence-corrected chi connectivity index (χ1v) is 3.02. The van der Waals surface area contributed by atoms with E-state index in [-0.39, 0.29) is 0 Å². The van der Waals surface area contributed by atoms with Gasteiger partial charge in [0.2, 0.25) is 0 Å². The second-order valence-corrected chi connectivity index (χ2v) is 2.29. The second-order valence-electron chi connectivity index (χ2n) is 2.29. The summed E-state index contributed by atoms with van der Waals surface area (Å²) in [6, 6.07) is 0. The molecule has 0 spiro atoms. The van der Waals surface area contributed by atoms with Crippen LogP contribution in [-0.2, 0) is 9.47 Å². The van der Waals surface area contributed by atoms with Crippen molar-refractivity contribution in [2.75, 3.05) is 13.2 Å². The smallest absolute Gasteiger partial charge is 0.0781 e. The fourth-order valence-electron chi connectivity index (χ4n) is 0.192. The van der Waals surface area contributed by atoms with E-state index in [0.29, 0.717) is 12.2 Å². The monoisotopic (exact) mass is 116 g/mol. The first-order valence-electron chi connectivity index (χ1n) is 3.02. The van der Waals surface area contributed by atoms with Crippen molar-refractivity contribution in [3.63, 3.8) is 0 Å². The van der Waals surface area contributed by atoms with Crippen LogP contribution >= 0.6 is 0 Å². The predicted octanol–water partition coefficient (Wildman–Crippen LogP) is 0.810. The molecule has 2 saturated heterocycles. The van der Waals surface area contributed by atoms with Gasteiger partial charge in [0.1, 0.15) is 0 Å². The number of rotatable bonds is 0. The highest BCUT2D eigenvalue weighted by molar-refractivity contribution is 4.58. The number of hydrogen-bond donors (Lipinski definition) is 0. The average molecular weight is 116 g/mol. The van der Waals surface area contributed by atoms with Gasteiger partial charge >= 0.3 is 0 Å². The highest BCUT2D eigenvalue weighted by atomic mass is 16.6. The lowest BCUT2D eigenvalue weighted by Crippen LogP contribution is -1.60. The summed E-state index contributed by atoms with van der Waals surface area (Å²) in [5.41, 5.74) is 0. The molecule has 2 aliphatic heterocycles. The van der Waals surface area contributed by atoms with Gasteiger partial charge in [-0.2, -0.15) is 0 Å². The summed E-state index contributed by atoms with van der Waals surface area (Å²) < 4.78 is 9.42. The fourth-order valence-corrected chi connectivity index (χ4v) is 0.192. The first kappa shape index (κ1) is 6.05. The molecule has 0 N–H and O–H groups in total. The van der Waals surface area contributed by atoms with Crippen LogP contribution in [0.3, 0.4) is 0 Å². The summed E-state index contributed by atoms with van der Waals surface area (Å²) in [6.07, 6.45) is 1.17. The summed E-state index contributed by atoms with van der Waals surface area (Å²) in [6.45, 7) is 6.08. The van der Waals surface area contributed by atoms with Gasteiger partial charge in [-0.15, -0.1) is 0 Å². The molecule has 0 aliphatic carbocycles. The third-order valence-corrected chi connectivity index (χ3v) is 1.00. The third-order valence-electron chi connectivity index (χ3n) is 1.00. The Morgan fingerprint density at radius 1 is 1.00 bits per heavy atom. The fraction of sp³-hybridized carbons (Fsp3) is 1.00. The average Bonchev–Trinajstić information content (AvgIpc) is 2.47. The normalized spacial score (nSPS) is 39.8. The maximum Gasteiger partial charge on any atom is 0.0781 e. The Morgan fingerprint density at radius 3 is 1.12 bits per heavy atom. The summed E-state index contributed by atoms with van der Waals surface area (Å²) in [7, 11) is 0. The van der Waals surface area contributed by atoms with Crippen LogP contribution in [0.15, 0.2) is 0 Å². The minimum absolute atomic E-state index is 0.583. The van der Waals surface area contributed by atoms with Crippen molar-refractivity contribution in [1.29, 1.82) is 0 Å². The Balaban J connectivity index is 0.0000000800. The van der Waals surface area contributed by atoms with E-state index in [9.17, 15) is 0 Å². The van der Waals surface area contributed by atoms with Gasteiger partial charge in [0.15, 0.2) is 0 Å². The Labute approximate surface area is 49.8 Å². The lowest BCUT2D eigenvalue weighted by atomic mass is 10.6. The SMILES string of the molecule is C[C@@H]1CO1.C[C@@H]1CO1. The van der Waals surface area contributed by atoms with Crippen molar-refractivity contribution in [2.24, 2.45) is 0 Å². The molecule has 2 nitrogen and oxygen atoms in total. The van der Waals surface area contributed by atoms with Crippen molar-refractivity contribution in [3.8, 4) is 0 Å². The third kappa shape index (κ3) is 4.09. The molecule has 8 heavy (non-hydrogen) atoms. The Hall–Kier alpha value is -0.0800. The molecule has 0 unspecified atom stereocenters. The molecule has 2 aliphatic rings. The Morgan fingerprint density at radius 2 is 1.12 bits per heavy atom. The Kier molecular flexibility index (Phi) is 1.86. The zero-order chi connectivity index (χ0) is 5.98. The van der Waals surface area contributed by atoms with E-state index < -0.39 is 0 Å². The van der Waals surface area contributed by atoms with Gasteiger partial charge in [-0.1, -0.05) is 0 Å². The minimum atomic E-state index is 0.583. The molecule has 0 saturated carbocycles. The van der Waals surface area contributed by atoms with E-state index in [4.69, 9.17) is 9.47 Å². The standard InChI is InChI=1S/2C3H6O/c2*1-3-2-4-3/h2*3H,2H2,1H3/t2*3-/m11/s1. The summed E-state index contributed by atoms with van der Waals surface area (Å²) >= 11 is 0. The largest absolute Gasteiger partial charge is 0.373 e. The van der Waals surface area contributed by atoms with Crippen LogP contribution in [-0.4, -0.2) is 25.4 Å². The van der Waals surface area contributed by atoms with E-state index >= 15 is 0 Å². The first-order chi connectivity index (χ1) is 3.79. The molecule has 0 amide bonds. The lowest BCUT2D eigenvalue weighted by molar-refractivity contribution is 0.423. The molecule has 0 bridgehead atoms. The topological polar surface area (TPSA) is 25.1 Å². The summed E-state index contributed by atoms with van der Waals surface area (Å²) in [5, 5.41) is 0. The van der Waals surface area contributed by atoms with E-state index in [2.05, 4.69) is 13.8 Å². The molecule has 2 atom stereocenters. The molecular formula is C6H12O2. The van der Waals surface area contributed by atoms with Crippen LogP contribution in [0.25, 0.3) is 0 Å². The van der Waals surface area contributed by atoms with E-state index in [1.807, 2.05) is 0 Å². The number of hydrogen-bond acceptors (Lipinski definition) is 2. The van der Waals surface area contributed by atoms with Gasteiger partial charge in [0.05, 0.1) is 25.4 Å². The summed E-state index contributed by atoms with van der Waals surface area (Å²) in [4.78, 5) is 0. The van der Waals surface area contributed by atoms with Gasteiger partial charge in [-0.25, -0.2) is 0 Å². The zero-order valence-electron chi connectivity index (χ0n) is 5.39. The molecule has 2 heterocycles. The van der Waals surface area contributed by atoms with E-state index in [1.54, 1.807) is 0 Å². The van der Waals surface area contributed by atoms with Gasteiger partial charge in [0.25, 0.3) is 0 Å². The van der Waals surface area contributed by atoms with E-state index in [0.717, 1.165) is 13.2 Å². The summed E-state index contributed by atoms with van der Waals surface area (Å²) in [5.74, 6) is 0. The number of ether oxygens (including phenoxy) is 2. The van der Waals surface area contributed by atoms with Gasteiger partial charge in [0, 0.05) is 0 Å². The molecular weight excluding hydrogens is 104 g/mol. The van der Waals surface area contributed by atoms with Gasteiger partial charge in [-0.05, 0) is 13.8 Å². The van der Waals surface area contributed by atoms with Crippen molar-refractivity contribution < 1.29 is 9.47 Å². The van der Waals surface area contributed by atoms with Crippen LogP contribution in [0, 0.1) is 0 Å². The maximum atomic E-state index is 4.71. The van der Waals surface area contributed by atoms with Crippen molar-refractivity contribution in [3.05, 3.63) is 0 Å². The molecule has 2 rings (SSSR count). The molecule has 2 fully saturated rings. The zero-order valence-corrected chi connectivity index (χ0v) is 5.39. The van der Waals surface area contributed by atoms with Crippen molar-refractivity contribution in [2.45, 2.75) is 26.1 Å². The van der Waals surface area contributed by atoms with Crippen molar-refractivity contribution in [1.82, 2.24) is 0 Å². The van der Waals surface area contributed by atoms with Gasteiger partial charge < -0.3 is 9.47 Å².